The van der Waals surface area contributed by atoms with E-state index < -0.39 is 5.54 Å². The average Bonchev–Trinajstić information content (AvgIpc) is 2.39. The van der Waals surface area contributed by atoms with Crippen molar-refractivity contribution >= 4 is 5.78 Å². The first-order valence-corrected chi connectivity index (χ1v) is 5.77. The minimum atomic E-state index is -0.764. The van der Waals surface area contributed by atoms with Gasteiger partial charge in [0.15, 0.2) is 0 Å². The van der Waals surface area contributed by atoms with Gasteiger partial charge >= 0.3 is 0 Å². The first-order valence-electron chi connectivity index (χ1n) is 5.77. The molecule has 1 aliphatic carbocycles. The molecule has 1 saturated carbocycles. The van der Waals surface area contributed by atoms with E-state index >= 15 is 0 Å². The molecule has 0 bridgehead atoms. The summed E-state index contributed by atoms with van der Waals surface area (Å²) >= 11 is 0. The molecule has 0 N–H and O–H groups in total. The molecule has 0 amide bonds. The van der Waals surface area contributed by atoms with Gasteiger partial charge in [0.2, 0.25) is 5.78 Å². The fourth-order valence-corrected chi connectivity index (χ4v) is 2.38. The quantitative estimate of drug-likeness (QED) is 0.544. The fourth-order valence-electron chi connectivity index (χ4n) is 2.38. The van der Waals surface area contributed by atoms with Gasteiger partial charge in [-0.15, -0.1) is 0 Å². The Hall–Kier alpha value is -1.62. The van der Waals surface area contributed by atoms with Crippen LogP contribution in [-0.2, 0) is 0 Å². The van der Waals surface area contributed by atoms with E-state index in [-0.39, 0.29) is 5.78 Å². The molecule has 0 unspecified atom stereocenters. The highest BCUT2D eigenvalue weighted by molar-refractivity contribution is 6.04. The summed E-state index contributed by atoms with van der Waals surface area (Å²) in [5.74, 6) is 0.0165. The highest BCUT2D eigenvalue weighted by Crippen LogP contribution is 2.34. The molecule has 0 spiro atoms. The number of carbonyl (C=O) groups is 1. The predicted molar refractivity (Wildman–Crippen MR) is 63.2 cm³/mol. The Bertz CT molecular complexity index is 410. The predicted octanol–water partition coefficient (Wildman–Crippen LogP) is 3.49. The Morgan fingerprint density at radius 3 is 2.31 bits per heavy atom. The third kappa shape index (κ3) is 1.86. The van der Waals surface area contributed by atoms with Gasteiger partial charge in [0, 0.05) is 18.4 Å². The molecule has 2 heteroatoms. The minimum absolute atomic E-state index is 0.0165. The number of rotatable bonds is 2. The Morgan fingerprint density at radius 2 is 1.75 bits per heavy atom. The Morgan fingerprint density at radius 1 is 1.12 bits per heavy atom. The smallest absolute Gasteiger partial charge is 0.294 e. The summed E-state index contributed by atoms with van der Waals surface area (Å²) in [7, 11) is 0. The van der Waals surface area contributed by atoms with Crippen molar-refractivity contribution in [2.24, 2.45) is 0 Å². The van der Waals surface area contributed by atoms with Crippen molar-refractivity contribution < 1.29 is 4.79 Å². The molecular formula is C14H15NO. The highest BCUT2D eigenvalue weighted by atomic mass is 16.1. The molecule has 1 fully saturated rings. The lowest BCUT2D eigenvalue weighted by Gasteiger charge is -2.24. The van der Waals surface area contributed by atoms with E-state index in [0.717, 1.165) is 32.1 Å². The van der Waals surface area contributed by atoms with E-state index in [2.05, 4.69) is 4.85 Å². The molecule has 0 saturated heterocycles. The molecule has 0 heterocycles. The summed E-state index contributed by atoms with van der Waals surface area (Å²) in [5.41, 5.74) is -0.0834. The minimum Gasteiger partial charge on any atom is -0.302 e. The summed E-state index contributed by atoms with van der Waals surface area (Å²) < 4.78 is 0. The van der Waals surface area contributed by atoms with E-state index in [9.17, 15) is 4.79 Å². The Kier molecular flexibility index (Phi) is 3.05. The standard InChI is InChI=1S/C14H15NO/c1-15-14(10-6-3-7-11-14)13(16)12-8-4-2-5-9-12/h2,4-5,8-9H,3,6-7,10-11H2. The van der Waals surface area contributed by atoms with Gasteiger partial charge in [-0.05, 0) is 12.8 Å². The summed E-state index contributed by atoms with van der Waals surface area (Å²) in [6, 6.07) is 9.22. The van der Waals surface area contributed by atoms with Gasteiger partial charge in [0.1, 0.15) is 0 Å². The van der Waals surface area contributed by atoms with Gasteiger partial charge < -0.3 is 4.85 Å². The van der Waals surface area contributed by atoms with Gasteiger partial charge in [-0.25, -0.2) is 6.57 Å². The Labute approximate surface area is 96.1 Å². The van der Waals surface area contributed by atoms with Crippen LogP contribution in [0, 0.1) is 6.57 Å². The van der Waals surface area contributed by atoms with Crippen LogP contribution in [0.2, 0.25) is 0 Å². The van der Waals surface area contributed by atoms with Crippen LogP contribution in [0.5, 0.6) is 0 Å². The number of benzene rings is 1. The van der Waals surface area contributed by atoms with E-state index in [0.29, 0.717) is 5.56 Å². The van der Waals surface area contributed by atoms with Crippen LogP contribution < -0.4 is 0 Å². The molecule has 2 rings (SSSR count). The van der Waals surface area contributed by atoms with Crippen molar-refractivity contribution in [3.8, 4) is 0 Å². The lowest BCUT2D eigenvalue weighted by atomic mass is 9.77. The Balaban J connectivity index is 2.29. The maximum Gasteiger partial charge on any atom is 0.294 e. The van der Waals surface area contributed by atoms with E-state index in [1.165, 1.54) is 0 Å². The zero-order valence-corrected chi connectivity index (χ0v) is 9.28. The summed E-state index contributed by atoms with van der Waals surface area (Å²) in [6.07, 6.45) is 4.61. The van der Waals surface area contributed by atoms with Gasteiger partial charge in [0.25, 0.3) is 5.54 Å². The molecule has 2 nitrogen and oxygen atoms in total. The zero-order chi connectivity index (χ0) is 11.4. The largest absolute Gasteiger partial charge is 0.302 e. The molecule has 1 aromatic carbocycles. The van der Waals surface area contributed by atoms with E-state index in [1.807, 2.05) is 30.3 Å². The van der Waals surface area contributed by atoms with Crippen LogP contribution in [0.4, 0.5) is 0 Å². The third-order valence-electron chi connectivity index (χ3n) is 3.35. The van der Waals surface area contributed by atoms with Gasteiger partial charge in [-0.2, -0.15) is 0 Å². The van der Waals surface area contributed by atoms with Gasteiger partial charge in [-0.1, -0.05) is 36.8 Å². The SMILES string of the molecule is [C-]#[N+]C1(C(=O)c2ccccc2)CCCCC1. The number of nitrogens with zero attached hydrogens (tertiary/aromatic N) is 1. The highest BCUT2D eigenvalue weighted by Gasteiger charge is 2.46. The van der Waals surface area contributed by atoms with Crippen LogP contribution in [0.15, 0.2) is 30.3 Å². The van der Waals surface area contributed by atoms with Crippen LogP contribution in [0.25, 0.3) is 4.85 Å². The average molecular weight is 213 g/mol. The van der Waals surface area contributed by atoms with Crippen molar-refractivity contribution in [2.45, 2.75) is 37.6 Å². The number of carbonyl (C=O) groups excluding carboxylic acids is 1. The first kappa shape index (κ1) is 10.9. The monoisotopic (exact) mass is 213 g/mol. The van der Waals surface area contributed by atoms with Crippen LogP contribution in [0.1, 0.15) is 42.5 Å². The first-order chi connectivity index (χ1) is 7.78. The van der Waals surface area contributed by atoms with Crippen molar-refractivity contribution in [3.05, 3.63) is 47.3 Å². The van der Waals surface area contributed by atoms with Crippen molar-refractivity contribution in [3.63, 3.8) is 0 Å². The molecule has 1 aliphatic rings. The molecule has 16 heavy (non-hydrogen) atoms. The second kappa shape index (κ2) is 4.49. The van der Waals surface area contributed by atoms with Crippen molar-refractivity contribution in [1.29, 1.82) is 0 Å². The number of hydrogen-bond donors (Lipinski definition) is 0. The number of hydrogen-bond acceptors (Lipinski definition) is 1. The lowest BCUT2D eigenvalue weighted by molar-refractivity contribution is 0.0885. The maximum atomic E-state index is 12.3. The third-order valence-corrected chi connectivity index (χ3v) is 3.35. The second-order valence-electron chi connectivity index (χ2n) is 4.40. The van der Waals surface area contributed by atoms with Crippen LogP contribution in [-0.4, -0.2) is 11.3 Å². The van der Waals surface area contributed by atoms with Crippen molar-refractivity contribution in [1.82, 2.24) is 0 Å². The lowest BCUT2D eigenvalue weighted by Crippen LogP contribution is -2.37. The maximum absolute atomic E-state index is 12.3. The van der Waals surface area contributed by atoms with Gasteiger partial charge in [0.05, 0.1) is 0 Å². The molecule has 0 radical (unpaired) electrons. The van der Waals surface area contributed by atoms with Crippen LogP contribution >= 0.6 is 0 Å². The zero-order valence-electron chi connectivity index (χ0n) is 9.28. The summed E-state index contributed by atoms with van der Waals surface area (Å²) in [5, 5.41) is 0. The molecule has 1 aromatic rings. The van der Waals surface area contributed by atoms with E-state index in [1.54, 1.807) is 0 Å². The normalized spacial score (nSPS) is 18.7. The molecule has 82 valence electrons. The molecule has 0 atom stereocenters. The van der Waals surface area contributed by atoms with Crippen molar-refractivity contribution in [2.75, 3.05) is 0 Å². The summed E-state index contributed by atoms with van der Waals surface area (Å²) in [6.45, 7) is 7.33. The fraction of sp³-hybridized carbons (Fsp3) is 0.429. The molecular weight excluding hydrogens is 198 g/mol. The second-order valence-corrected chi connectivity index (χ2v) is 4.40. The number of Topliss-reactive ketones (excluding diaryl/α,β-unsaturated/α-hetero) is 1. The summed E-state index contributed by atoms with van der Waals surface area (Å²) in [4.78, 5) is 16.0. The van der Waals surface area contributed by atoms with Crippen LogP contribution in [0.3, 0.4) is 0 Å². The van der Waals surface area contributed by atoms with Gasteiger partial charge in [-0.3, -0.25) is 4.79 Å². The topological polar surface area (TPSA) is 21.4 Å². The molecule has 0 aromatic heterocycles. The molecule has 0 aliphatic heterocycles. The number of ketones is 1. The van der Waals surface area contributed by atoms with E-state index in [4.69, 9.17) is 6.57 Å².